The van der Waals surface area contributed by atoms with Crippen molar-refractivity contribution in [3.05, 3.63) is 107 Å². The lowest BCUT2D eigenvalue weighted by molar-refractivity contribution is -0.137. The van der Waals surface area contributed by atoms with Gasteiger partial charge >= 0.3 is 6.09 Å². The van der Waals surface area contributed by atoms with Crippen molar-refractivity contribution in [1.29, 1.82) is 0 Å². The van der Waals surface area contributed by atoms with Crippen LogP contribution in [0.4, 0.5) is 4.79 Å². The molecule has 2 aliphatic heterocycles. The number of ether oxygens (including phenoxy) is 2. The Bertz CT molecular complexity index is 1770. The minimum atomic E-state index is -2.94. The molecule has 2 heterocycles. The number of phenolic OH excluding ortho intramolecular Hbond substituents is 1. The Hall–Kier alpha value is -4.31. The highest BCUT2D eigenvalue weighted by molar-refractivity contribution is 6.99. The number of methoxy groups -OCH3 is 1. The van der Waals surface area contributed by atoms with Crippen LogP contribution in [0.3, 0.4) is 0 Å². The molecule has 268 valence electrons. The molecule has 9 heteroatoms. The van der Waals surface area contributed by atoms with Crippen LogP contribution in [0.2, 0.25) is 5.04 Å². The number of fused-ring (bicyclic) bond motifs is 3. The molecular weight excluding hydrogens is 659 g/mol. The number of carbonyl (C=O) groups is 3. The van der Waals surface area contributed by atoms with E-state index in [-0.39, 0.29) is 36.0 Å². The molecule has 4 atom stereocenters. The van der Waals surface area contributed by atoms with E-state index in [9.17, 15) is 19.5 Å². The van der Waals surface area contributed by atoms with Gasteiger partial charge in [-0.1, -0.05) is 125 Å². The van der Waals surface area contributed by atoms with E-state index in [1.54, 1.807) is 6.07 Å². The predicted molar refractivity (Wildman–Crippen MR) is 200 cm³/mol. The molecule has 6 rings (SSSR count). The van der Waals surface area contributed by atoms with Gasteiger partial charge in [0.05, 0.1) is 38.3 Å². The van der Waals surface area contributed by atoms with Gasteiger partial charge in [-0.05, 0) is 58.3 Å². The van der Waals surface area contributed by atoms with E-state index in [0.717, 1.165) is 46.3 Å². The smallest absolute Gasteiger partial charge is 0.423 e. The lowest BCUT2D eigenvalue weighted by Gasteiger charge is -2.44. The second kappa shape index (κ2) is 15.1. The number of benzene rings is 3. The summed E-state index contributed by atoms with van der Waals surface area (Å²) in [5, 5.41) is 12.5. The molecule has 1 N–H and O–H groups in total. The second-order valence-electron chi connectivity index (χ2n) is 14.9. The Kier molecular flexibility index (Phi) is 10.8. The molecule has 0 spiro atoms. The number of para-hydroxylation sites is 1. The van der Waals surface area contributed by atoms with Crippen molar-refractivity contribution in [1.82, 2.24) is 4.90 Å². The van der Waals surface area contributed by atoms with E-state index in [1.807, 2.05) is 30.3 Å². The monoisotopic (exact) mass is 707 g/mol. The van der Waals surface area contributed by atoms with Gasteiger partial charge in [0, 0.05) is 11.5 Å². The predicted octanol–water partition coefficient (Wildman–Crippen LogP) is 7.02. The van der Waals surface area contributed by atoms with Crippen molar-refractivity contribution >= 4 is 42.7 Å². The van der Waals surface area contributed by atoms with E-state index in [2.05, 4.69) is 82.3 Å². The van der Waals surface area contributed by atoms with Crippen LogP contribution in [0.1, 0.15) is 65.4 Å². The zero-order valence-electron chi connectivity index (χ0n) is 30.3. The molecule has 3 amide bonds. The molecule has 2 saturated heterocycles. The minimum absolute atomic E-state index is 0.242. The Morgan fingerprint density at radius 1 is 0.922 bits per heavy atom. The molecule has 2 fully saturated rings. The van der Waals surface area contributed by atoms with Crippen LogP contribution in [-0.4, -0.2) is 62.7 Å². The van der Waals surface area contributed by atoms with E-state index < -0.39 is 38.1 Å². The van der Waals surface area contributed by atoms with Crippen molar-refractivity contribution in [3.63, 3.8) is 0 Å². The molecule has 0 unspecified atom stereocenters. The number of phenols is 1. The Morgan fingerprint density at radius 2 is 1.55 bits per heavy atom. The number of amides is 3. The van der Waals surface area contributed by atoms with Crippen LogP contribution < -0.4 is 10.4 Å². The van der Waals surface area contributed by atoms with E-state index in [4.69, 9.17) is 13.9 Å². The Balaban J connectivity index is 1.40. The van der Waals surface area contributed by atoms with Gasteiger partial charge in [0.2, 0.25) is 11.8 Å². The number of allylic oxidation sites excluding steroid dienone is 1. The maximum Gasteiger partial charge on any atom is 0.423 e. The van der Waals surface area contributed by atoms with Crippen molar-refractivity contribution in [2.24, 2.45) is 17.8 Å². The molecular formula is C42H49NO7Si. The minimum Gasteiger partial charge on any atom is -0.507 e. The molecule has 3 aromatic carbocycles. The average molecular weight is 708 g/mol. The number of carbonyl (C=O) groups excluding carboxylic acids is 3. The number of nitrogens with zero attached hydrogens (tertiary/aromatic N) is 1. The van der Waals surface area contributed by atoms with Crippen LogP contribution in [0.25, 0.3) is 6.08 Å². The molecule has 0 saturated carbocycles. The van der Waals surface area contributed by atoms with Gasteiger partial charge in [0.1, 0.15) is 5.75 Å². The summed E-state index contributed by atoms with van der Waals surface area (Å²) in [6.07, 6.45) is 4.39. The topological polar surface area (TPSA) is 102 Å². The molecule has 3 aliphatic rings. The van der Waals surface area contributed by atoms with Gasteiger partial charge in [-0.25, -0.2) is 4.79 Å². The van der Waals surface area contributed by atoms with Gasteiger partial charge in [-0.2, -0.15) is 4.90 Å². The molecule has 0 bridgehead atoms. The van der Waals surface area contributed by atoms with Crippen LogP contribution in [0, 0.1) is 17.8 Å². The SMILES string of the molecule is CCC/C(=C\c1ccccc1O)CC[C@H]1OC[C@H]2C1=C(CO[Si](c1ccccc1)(c1ccccc1)C(C)(C)C)C[C@H]1C(=O)N(C(=O)OC)C(=O)[C@H]12. The Morgan fingerprint density at radius 3 is 2.14 bits per heavy atom. The third-order valence-corrected chi connectivity index (χ3v) is 15.8. The molecule has 0 aromatic heterocycles. The van der Waals surface area contributed by atoms with Gasteiger partial charge in [-0.15, -0.1) is 0 Å². The van der Waals surface area contributed by atoms with Crippen LogP contribution >= 0.6 is 0 Å². The highest BCUT2D eigenvalue weighted by atomic mass is 28.4. The van der Waals surface area contributed by atoms with Gasteiger partial charge in [0.15, 0.2) is 0 Å². The third kappa shape index (κ3) is 6.87. The lowest BCUT2D eigenvalue weighted by atomic mass is 9.69. The van der Waals surface area contributed by atoms with E-state index in [0.29, 0.717) is 17.7 Å². The zero-order chi connectivity index (χ0) is 36.3. The van der Waals surface area contributed by atoms with Gasteiger partial charge in [-0.3, -0.25) is 9.59 Å². The maximum absolute atomic E-state index is 13.8. The third-order valence-electron chi connectivity index (χ3n) is 10.8. The standard InChI is InChI=1S/C42H49NO7Si/c1-6-15-28(24-29-16-13-14-21-35(29)44)22-23-36-37-30(25-33-38(34(37)27-49-36)40(46)43(39(33)45)41(47)48-5)26-50-51(42(2,3)4,31-17-9-7-10-18-31)32-19-11-8-12-20-32/h7-14,16-21,24,33-34,36,38,44H,6,15,22-23,25-27H2,1-5H3/b28-24+/t33-,34+,36-,38-/m1/s1. The molecule has 51 heavy (non-hydrogen) atoms. The van der Waals surface area contributed by atoms with Gasteiger partial charge < -0.3 is 19.0 Å². The fourth-order valence-corrected chi connectivity index (χ4v) is 13.1. The number of imide groups is 3. The van der Waals surface area contributed by atoms with Crippen LogP contribution in [0.15, 0.2) is 102 Å². The van der Waals surface area contributed by atoms with Crippen molar-refractivity contribution in [2.45, 2.75) is 70.9 Å². The zero-order valence-corrected chi connectivity index (χ0v) is 31.3. The number of hydrogen-bond donors (Lipinski definition) is 1. The number of aromatic hydroxyl groups is 1. The highest BCUT2D eigenvalue weighted by Gasteiger charge is 2.59. The molecule has 1 aliphatic carbocycles. The van der Waals surface area contributed by atoms with Crippen molar-refractivity contribution in [2.75, 3.05) is 20.3 Å². The second-order valence-corrected chi connectivity index (χ2v) is 19.2. The lowest BCUT2D eigenvalue weighted by Crippen LogP contribution is -2.66. The first-order valence-corrected chi connectivity index (χ1v) is 19.9. The fourth-order valence-electron chi connectivity index (χ4n) is 8.57. The summed E-state index contributed by atoms with van der Waals surface area (Å²) in [7, 11) is -1.76. The molecule has 0 radical (unpaired) electrons. The fraction of sp³-hybridized carbons (Fsp3) is 0.405. The largest absolute Gasteiger partial charge is 0.507 e. The highest BCUT2D eigenvalue weighted by Crippen LogP contribution is 2.50. The first kappa shape index (κ1) is 36.5. The number of likely N-dealkylation sites (tertiary alicyclic amines) is 1. The van der Waals surface area contributed by atoms with Crippen LogP contribution in [0.5, 0.6) is 5.75 Å². The quantitative estimate of drug-likeness (QED) is 0.130. The van der Waals surface area contributed by atoms with E-state index in [1.165, 1.54) is 12.7 Å². The van der Waals surface area contributed by atoms with Crippen molar-refractivity contribution < 1.29 is 33.4 Å². The van der Waals surface area contributed by atoms with E-state index >= 15 is 0 Å². The average Bonchev–Trinajstić information content (AvgIpc) is 3.66. The number of rotatable bonds is 11. The first-order chi connectivity index (χ1) is 24.5. The number of hydrogen-bond acceptors (Lipinski definition) is 7. The first-order valence-electron chi connectivity index (χ1n) is 18.0. The molecule has 8 nitrogen and oxygen atoms in total. The summed E-state index contributed by atoms with van der Waals surface area (Å²) in [5.74, 6) is -2.52. The normalized spacial score (nSPS) is 22.3. The van der Waals surface area contributed by atoms with Crippen LogP contribution in [-0.2, 0) is 23.5 Å². The summed E-state index contributed by atoms with van der Waals surface area (Å²) in [6.45, 7) is 9.40. The summed E-state index contributed by atoms with van der Waals surface area (Å²) < 4.78 is 18.8. The summed E-state index contributed by atoms with van der Waals surface area (Å²) in [4.78, 5) is 40.9. The van der Waals surface area contributed by atoms with Gasteiger partial charge in [0.25, 0.3) is 8.32 Å². The summed E-state index contributed by atoms with van der Waals surface area (Å²) in [6, 6.07) is 28.2. The molecule has 3 aromatic rings. The Labute approximate surface area is 302 Å². The summed E-state index contributed by atoms with van der Waals surface area (Å²) in [5.41, 5.74) is 3.99. The summed E-state index contributed by atoms with van der Waals surface area (Å²) >= 11 is 0. The van der Waals surface area contributed by atoms with Crippen molar-refractivity contribution in [3.8, 4) is 5.75 Å². The maximum atomic E-state index is 13.8.